The van der Waals surface area contributed by atoms with Crippen LogP contribution in [0.25, 0.3) is 0 Å². The number of nitrogens with two attached hydrogens (primary N) is 1. The van der Waals surface area contributed by atoms with E-state index in [0.29, 0.717) is 31.3 Å². The van der Waals surface area contributed by atoms with Gasteiger partial charge in [0.1, 0.15) is 6.61 Å². The van der Waals surface area contributed by atoms with Crippen LogP contribution >= 0.6 is 12.2 Å². The largest absolute Gasteiger partial charge is 0.445 e. The van der Waals surface area contributed by atoms with E-state index in [2.05, 4.69) is 6.58 Å². The SMILES string of the molecule is C=C(C)COC(=O)N1CCN(C(N)=S)CC1. The fourth-order valence-electron chi connectivity index (χ4n) is 1.39. The number of thiocarbonyl (C=S) groups is 1. The molecule has 1 rings (SSSR count). The van der Waals surface area contributed by atoms with Gasteiger partial charge in [-0.25, -0.2) is 4.79 Å². The van der Waals surface area contributed by atoms with Gasteiger partial charge in [0.05, 0.1) is 0 Å². The van der Waals surface area contributed by atoms with Crippen molar-refractivity contribution in [1.29, 1.82) is 0 Å². The lowest BCUT2D eigenvalue weighted by atomic mass is 10.3. The number of carbonyl (C=O) groups is 1. The summed E-state index contributed by atoms with van der Waals surface area (Å²) in [6, 6.07) is 0. The molecule has 1 saturated heterocycles. The molecule has 1 aliphatic rings. The lowest BCUT2D eigenvalue weighted by Gasteiger charge is -2.34. The maximum atomic E-state index is 11.6. The van der Waals surface area contributed by atoms with Crippen molar-refractivity contribution < 1.29 is 9.53 Å². The van der Waals surface area contributed by atoms with E-state index < -0.39 is 0 Å². The van der Waals surface area contributed by atoms with Crippen LogP contribution in [0, 0.1) is 0 Å². The predicted octanol–water partition coefficient (Wildman–Crippen LogP) is 0.560. The summed E-state index contributed by atoms with van der Waals surface area (Å²) in [5, 5.41) is 0.384. The number of ether oxygens (including phenoxy) is 1. The maximum absolute atomic E-state index is 11.6. The van der Waals surface area contributed by atoms with Crippen LogP contribution in [0.1, 0.15) is 6.92 Å². The summed E-state index contributed by atoms with van der Waals surface area (Å²) in [7, 11) is 0. The predicted molar refractivity (Wildman–Crippen MR) is 66.1 cm³/mol. The lowest BCUT2D eigenvalue weighted by molar-refractivity contribution is 0.0948. The van der Waals surface area contributed by atoms with Crippen LogP contribution in [0.2, 0.25) is 0 Å². The molecule has 0 aliphatic carbocycles. The average Bonchev–Trinajstić information content (AvgIpc) is 2.26. The van der Waals surface area contributed by atoms with Gasteiger partial charge < -0.3 is 20.3 Å². The third-order valence-electron chi connectivity index (χ3n) is 2.29. The summed E-state index contributed by atoms with van der Waals surface area (Å²) in [5.41, 5.74) is 6.33. The molecule has 1 fully saturated rings. The Hall–Kier alpha value is -1.30. The molecule has 1 aliphatic heterocycles. The molecule has 2 N–H and O–H groups in total. The Balaban J connectivity index is 2.33. The molecule has 0 aromatic heterocycles. The molecule has 0 spiro atoms. The smallest absolute Gasteiger partial charge is 0.410 e. The highest BCUT2D eigenvalue weighted by atomic mass is 32.1. The quantitative estimate of drug-likeness (QED) is 0.567. The molecule has 0 saturated carbocycles. The molecule has 1 amide bonds. The highest BCUT2D eigenvalue weighted by molar-refractivity contribution is 7.80. The van der Waals surface area contributed by atoms with Crippen molar-refractivity contribution in [1.82, 2.24) is 9.80 Å². The van der Waals surface area contributed by atoms with E-state index in [1.165, 1.54) is 0 Å². The first-order valence-electron chi connectivity index (χ1n) is 5.11. The van der Waals surface area contributed by atoms with E-state index >= 15 is 0 Å². The number of piperazine rings is 1. The zero-order chi connectivity index (χ0) is 12.1. The summed E-state index contributed by atoms with van der Waals surface area (Å²) < 4.78 is 5.04. The molecule has 16 heavy (non-hydrogen) atoms. The number of rotatable bonds is 2. The minimum Gasteiger partial charge on any atom is -0.445 e. The summed E-state index contributed by atoms with van der Waals surface area (Å²) in [4.78, 5) is 15.1. The summed E-state index contributed by atoms with van der Waals surface area (Å²) in [6.45, 7) is 8.27. The molecule has 0 aromatic rings. The molecule has 0 atom stereocenters. The normalized spacial score (nSPS) is 15.8. The number of nitrogens with zero attached hydrogens (tertiary/aromatic N) is 2. The third kappa shape index (κ3) is 3.69. The van der Waals surface area contributed by atoms with Gasteiger partial charge in [0.15, 0.2) is 5.11 Å². The molecule has 0 unspecified atom stereocenters. The maximum Gasteiger partial charge on any atom is 0.410 e. The van der Waals surface area contributed by atoms with E-state index in [1.807, 2.05) is 11.8 Å². The Morgan fingerprint density at radius 2 is 1.88 bits per heavy atom. The van der Waals surface area contributed by atoms with E-state index in [4.69, 9.17) is 22.7 Å². The minimum atomic E-state index is -0.300. The fraction of sp³-hybridized carbons (Fsp3) is 0.600. The van der Waals surface area contributed by atoms with Gasteiger partial charge >= 0.3 is 6.09 Å². The second-order valence-electron chi connectivity index (χ2n) is 3.82. The van der Waals surface area contributed by atoms with E-state index in [1.54, 1.807) is 4.90 Å². The van der Waals surface area contributed by atoms with Crippen LogP contribution in [0.3, 0.4) is 0 Å². The van der Waals surface area contributed by atoms with Gasteiger partial charge in [-0.15, -0.1) is 0 Å². The molecule has 5 nitrogen and oxygen atoms in total. The number of hydrogen-bond donors (Lipinski definition) is 1. The van der Waals surface area contributed by atoms with Gasteiger partial charge in [0.2, 0.25) is 0 Å². The van der Waals surface area contributed by atoms with Crippen molar-refractivity contribution >= 4 is 23.4 Å². The Bertz CT molecular complexity index is 298. The summed E-state index contributed by atoms with van der Waals surface area (Å²) in [6.07, 6.45) is -0.300. The Morgan fingerprint density at radius 1 is 1.38 bits per heavy atom. The third-order valence-corrected chi connectivity index (χ3v) is 2.55. The van der Waals surface area contributed by atoms with Crippen molar-refractivity contribution in [3.8, 4) is 0 Å². The van der Waals surface area contributed by atoms with Crippen molar-refractivity contribution in [3.63, 3.8) is 0 Å². The van der Waals surface area contributed by atoms with Gasteiger partial charge in [0, 0.05) is 26.2 Å². The molecule has 0 bridgehead atoms. The number of amides is 1. The Labute approximate surface area is 101 Å². The first-order chi connectivity index (χ1) is 7.50. The van der Waals surface area contributed by atoms with E-state index in [-0.39, 0.29) is 12.7 Å². The average molecular weight is 243 g/mol. The monoisotopic (exact) mass is 243 g/mol. The van der Waals surface area contributed by atoms with Gasteiger partial charge in [-0.1, -0.05) is 6.58 Å². The van der Waals surface area contributed by atoms with Crippen LogP contribution in [-0.4, -0.2) is 53.8 Å². The molecule has 1 heterocycles. The van der Waals surface area contributed by atoms with Crippen LogP contribution in [-0.2, 0) is 4.74 Å². The zero-order valence-corrected chi connectivity index (χ0v) is 10.3. The van der Waals surface area contributed by atoms with Gasteiger partial charge in [-0.2, -0.15) is 0 Å². The summed E-state index contributed by atoms with van der Waals surface area (Å²) in [5.74, 6) is 0. The second-order valence-corrected chi connectivity index (χ2v) is 4.24. The Kier molecular flexibility index (Phi) is 4.54. The minimum absolute atomic E-state index is 0.272. The molecule has 0 radical (unpaired) electrons. The highest BCUT2D eigenvalue weighted by Gasteiger charge is 2.22. The van der Waals surface area contributed by atoms with Gasteiger partial charge in [-0.05, 0) is 24.7 Å². The van der Waals surface area contributed by atoms with Crippen molar-refractivity contribution in [3.05, 3.63) is 12.2 Å². The van der Waals surface area contributed by atoms with Crippen LogP contribution in [0.15, 0.2) is 12.2 Å². The van der Waals surface area contributed by atoms with E-state index in [0.717, 1.165) is 5.57 Å². The standard InChI is InChI=1S/C10H17N3O2S/c1-8(2)7-15-10(14)13-5-3-12(4-6-13)9(11)16/h1,3-7H2,2H3,(H2,11,16). The van der Waals surface area contributed by atoms with Crippen LogP contribution < -0.4 is 5.73 Å². The first kappa shape index (κ1) is 12.8. The zero-order valence-electron chi connectivity index (χ0n) is 9.44. The summed E-state index contributed by atoms with van der Waals surface area (Å²) >= 11 is 4.86. The van der Waals surface area contributed by atoms with Gasteiger partial charge in [0.25, 0.3) is 0 Å². The molecule has 0 aromatic carbocycles. The molecule has 6 heteroatoms. The van der Waals surface area contributed by atoms with Gasteiger partial charge in [-0.3, -0.25) is 0 Å². The van der Waals surface area contributed by atoms with Crippen molar-refractivity contribution in [2.24, 2.45) is 5.73 Å². The highest BCUT2D eigenvalue weighted by Crippen LogP contribution is 2.04. The van der Waals surface area contributed by atoms with Crippen LogP contribution in [0.5, 0.6) is 0 Å². The van der Waals surface area contributed by atoms with Crippen molar-refractivity contribution in [2.75, 3.05) is 32.8 Å². The lowest BCUT2D eigenvalue weighted by Crippen LogP contribution is -2.52. The molecular weight excluding hydrogens is 226 g/mol. The molecular formula is C10H17N3O2S. The Morgan fingerprint density at radius 3 is 2.31 bits per heavy atom. The van der Waals surface area contributed by atoms with Crippen molar-refractivity contribution in [2.45, 2.75) is 6.92 Å². The fourth-order valence-corrected chi connectivity index (χ4v) is 1.57. The number of hydrogen-bond acceptors (Lipinski definition) is 3. The number of carbonyl (C=O) groups excluding carboxylic acids is 1. The van der Waals surface area contributed by atoms with Crippen LogP contribution in [0.4, 0.5) is 4.79 Å². The molecule has 90 valence electrons. The topological polar surface area (TPSA) is 58.8 Å². The second kappa shape index (κ2) is 5.69. The van der Waals surface area contributed by atoms with E-state index in [9.17, 15) is 4.79 Å². The first-order valence-corrected chi connectivity index (χ1v) is 5.52.